The van der Waals surface area contributed by atoms with Crippen LogP contribution in [0.2, 0.25) is 0 Å². The van der Waals surface area contributed by atoms with Crippen molar-refractivity contribution in [2.45, 2.75) is 51.5 Å². The standard InChI is InChI=1S/C28H29F3N10O2.CH2O2/c1-16-13-19(3-4-20(16)26(42)36-17(2)27(43)39-9-5-18(33)6-10-39)37-24-25-35-14-22(41(25)12-8-34-24)21-15-40(11-7-32)38-23(21)28(29,30)31;2-1-3/h3-4,8,12-15,17-18H,5-6,9-11,33H2,1-2H3,(H,34,37)(H,36,42);1H,(H,2,3)/t17-;/m1./s1. The van der Waals surface area contributed by atoms with Crippen LogP contribution in [0.5, 0.6) is 0 Å². The largest absolute Gasteiger partial charge is 0.483 e. The molecule has 0 spiro atoms. The molecule has 2 amide bonds. The van der Waals surface area contributed by atoms with E-state index >= 15 is 0 Å². The average molecular weight is 641 g/mol. The zero-order valence-corrected chi connectivity index (χ0v) is 24.8. The number of piperidine rings is 1. The van der Waals surface area contributed by atoms with E-state index in [1.54, 1.807) is 43.0 Å². The van der Waals surface area contributed by atoms with Gasteiger partial charge in [0.15, 0.2) is 17.2 Å². The number of nitrogens with one attached hydrogen (secondary N) is 2. The average Bonchev–Trinajstić information content (AvgIpc) is 3.63. The summed E-state index contributed by atoms with van der Waals surface area (Å²) in [4.78, 5) is 44.4. The summed E-state index contributed by atoms with van der Waals surface area (Å²) in [6.07, 6.45) is 2.04. The minimum atomic E-state index is -4.74. The van der Waals surface area contributed by atoms with Gasteiger partial charge in [0, 0.05) is 49.0 Å². The minimum Gasteiger partial charge on any atom is -0.483 e. The van der Waals surface area contributed by atoms with Crippen LogP contribution in [0.25, 0.3) is 16.9 Å². The number of aryl methyl sites for hydroxylation is 1. The minimum absolute atomic E-state index is 0.0870. The lowest BCUT2D eigenvalue weighted by Gasteiger charge is -2.32. The molecular weight excluding hydrogens is 609 g/mol. The first-order valence-electron chi connectivity index (χ1n) is 14.0. The second-order valence-corrected chi connectivity index (χ2v) is 10.5. The molecule has 14 nitrogen and oxygen atoms in total. The number of carbonyl (C=O) groups excluding carboxylic acids is 2. The number of aromatic nitrogens is 5. The Morgan fingerprint density at radius 2 is 1.96 bits per heavy atom. The molecule has 0 radical (unpaired) electrons. The van der Waals surface area contributed by atoms with Crippen molar-refractivity contribution in [3.8, 4) is 17.3 Å². The maximum absolute atomic E-state index is 13.7. The van der Waals surface area contributed by atoms with Gasteiger partial charge in [0.25, 0.3) is 12.4 Å². The van der Waals surface area contributed by atoms with Gasteiger partial charge in [0.2, 0.25) is 5.91 Å². The molecule has 242 valence electrons. The topological polar surface area (TPSA) is 197 Å². The summed E-state index contributed by atoms with van der Waals surface area (Å²) < 4.78 is 43.6. The van der Waals surface area contributed by atoms with Crippen molar-refractivity contribution in [3.05, 3.63) is 59.8 Å². The third-order valence-electron chi connectivity index (χ3n) is 7.27. The molecular formula is C29H31F3N10O4. The number of anilines is 2. The molecule has 0 bridgehead atoms. The lowest BCUT2D eigenvalue weighted by atomic mass is 10.0. The lowest BCUT2D eigenvalue weighted by Crippen LogP contribution is -2.51. The molecule has 1 fully saturated rings. The van der Waals surface area contributed by atoms with E-state index in [0.29, 0.717) is 29.9 Å². The fourth-order valence-corrected chi connectivity index (χ4v) is 5.04. The Morgan fingerprint density at radius 3 is 2.59 bits per heavy atom. The van der Waals surface area contributed by atoms with Gasteiger partial charge < -0.3 is 26.4 Å². The molecule has 4 heterocycles. The monoisotopic (exact) mass is 640 g/mol. The number of nitrogens with zero attached hydrogens (tertiary/aromatic N) is 7. The van der Waals surface area contributed by atoms with Gasteiger partial charge in [-0.2, -0.15) is 23.5 Å². The SMILES string of the molecule is Cc1cc(Nc2nccn3c(-c4cn(CC#N)nc4C(F)(F)F)cnc23)ccc1C(=O)N[C@H](C)C(=O)N1CCC(N)CC1.O=CO. The molecule has 5 N–H and O–H groups in total. The molecule has 17 heteroatoms. The highest BCUT2D eigenvalue weighted by atomic mass is 19.4. The van der Waals surface area contributed by atoms with Gasteiger partial charge in [-0.1, -0.05) is 0 Å². The molecule has 1 aliphatic heterocycles. The van der Waals surface area contributed by atoms with Crippen molar-refractivity contribution < 1.29 is 32.7 Å². The molecule has 1 atom stereocenters. The van der Waals surface area contributed by atoms with Gasteiger partial charge in [-0.3, -0.25) is 23.5 Å². The number of benzene rings is 1. The van der Waals surface area contributed by atoms with Crippen LogP contribution in [0.4, 0.5) is 24.7 Å². The van der Waals surface area contributed by atoms with Crippen molar-refractivity contribution >= 4 is 35.4 Å². The van der Waals surface area contributed by atoms with Gasteiger partial charge in [0.05, 0.1) is 23.5 Å². The number of carboxylic acid groups (broad SMARTS) is 1. The van der Waals surface area contributed by atoms with Gasteiger partial charge in [-0.25, -0.2) is 9.97 Å². The van der Waals surface area contributed by atoms with Crippen molar-refractivity contribution in [1.82, 2.24) is 34.4 Å². The normalized spacial score (nSPS) is 14.2. The van der Waals surface area contributed by atoms with Crippen LogP contribution in [0.15, 0.2) is 43.0 Å². The number of halogens is 3. The predicted octanol–water partition coefficient (Wildman–Crippen LogP) is 2.96. The maximum atomic E-state index is 13.7. The highest BCUT2D eigenvalue weighted by Crippen LogP contribution is 2.37. The molecule has 0 aliphatic carbocycles. The summed E-state index contributed by atoms with van der Waals surface area (Å²) in [5.74, 6) is -0.285. The number of hydrogen-bond donors (Lipinski definition) is 4. The van der Waals surface area contributed by atoms with Crippen LogP contribution in [0.1, 0.15) is 41.4 Å². The van der Waals surface area contributed by atoms with Crippen molar-refractivity contribution in [2.24, 2.45) is 5.73 Å². The molecule has 0 unspecified atom stereocenters. The molecule has 4 aromatic rings. The van der Waals surface area contributed by atoms with E-state index in [-0.39, 0.29) is 47.7 Å². The maximum Gasteiger partial charge on any atom is 0.435 e. The summed E-state index contributed by atoms with van der Waals surface area (Å²) in [7, 11) is 0. The summed E-state index contributed by atoms with van der Waals surface area (Å²) >= 11 is 0. The number of imidazole rings is 1. The first-order valence-corrected chi connectivity index (χ1v) is 14.0. The number of nitriles is 1. The van der Waals surface area contributed by atoms with Crippen molar-refractivity contribution in [1.29, 1.82) is 5.26 Å². The molecule has 1 aliphatic rings. The second kappa shape index (κ2) is 14.1. The third-order valence-corrected chi connectivity index (χ3v) is 7.27. The summed E-state index contributed by atoms with van der Waals surface area (Å²) in [6, 6.07) is 6.15. The van der Waals surface area contributed by atoms with E-state index in [1.165, 1.54) is 23.0 Å². The van der Waals surface area contributed by atoms with E-state index in [9.17, 15) is 22.8 Å². The summed E-state index contributed by atoms with van der Waals surface area (Å²) in [5.41, 5.74) is 6.51. The molecule has 46 heavy (non-hydrogen) atoms. The quantitative estimate of drug-likeness (QED) is 0.218. The highest BCUT2D eigenvalue weighted by molar-refractivity contribution is 5.99. The zero-order chi connectivity index (χ0) is 33.6. The molecule has 1 saturated heterocycles. The number of likely N-dealkylation sites (tertiary alicyclic amines) is 1. The Balaban J connectivity index is 0.00000154. The fraction of sp³-hybridized carbons (Fsp3) is 0.345. The zero-order valence-electron chi connectivity index (χ0n) is 24.8. The number of carbonyl (C=O) groups is 3. The van der Waals surface area contributed by atoms with Crippen molar-refractivity contribution in [2.75, 3.05) is 18.4 Å². The van der Waals surface area contributed by atoms with Gasteiger partial charge >= 0.3 is 6.18 Å². The number of hydrogen-bond acceptors (Lipinski definition) is 9. The fourth-order valence-electron chi connectivity index (χ4n) is 5.04. The van der Waals surface area contributed by atoms with Gasteiger partial charge in [0.1, 0.15) is 12.6 Å². The molecule has 0 saturated carbocycles. The Labute approximate surface area is 260 Å². The molecule has 3 aromatic heterocycles. The van der Waals surface area contributed by atoms with E-state index in [1.807, 2.05) is 0 Å². The smallest absolute Gasteiger partial charge is 0.435 e. The number of fused-ring (bicyclic) bond motifs is 1. The summed E-state index contributed by atoms with van der Waals surface area (Å²) in [6.45, 7) is 3.93. The Morgan fingerprint density at radius 1 is 1.26 bits per heavy atom. The van der Waals surface area contributed by atoms with Crippen LogP contribution < -0.4 is 16.4 Å². The summed E-state index contributed by atoms with van der Waals surface area (Å²) in [5, 5.41) is 25.2. The predicted molar refractivity (Wildman–Crippen MR) is 159 cm³/mol. The van der Waals surface area contributed by atoms with E-state index in [0.717, 1.165) is 23.7 Å². The first-order chi connectivity index (χ1) is 21.9. The highest BCUT2D eigenvalue weighted by Gasteiger charge is 2.38. The third kappa shape index (κ3) is 7.41. The number of rotatable bonds is 7. The van der Waals surface area contributed by atoms with Crippen LogP contribution in [-0.4, -0.2) is 77.6 Å². The van der Waals surface area contributed by atoms with Crippen molar-refractivity contribution in [3.63, 3.8) is 0 Å². The Hall–Kier alpha value is -5.50. The number of nitrogens with two attached hydrogens (primary N) is 1. The Kier molecular flexibility index (Phi) is 10.2. The number of alkyl halides is 3. The Bertz CT molecular complexity index is 1770. The van der Waals surface area contributed by atoms with Crippen LogP contribution in [-0.2, 0) is 22.3 Å². The van der Waals surface area contributed by atoms with Crippen LogP contribution in [0.3, 0.4) is 0 Å². The first kappa shape index (κ1) is 33.4. The number of amides is 2. The second-order valence-electron chi connectivity index (χ2n) is 10.5. The van der Waals surface area contributed by atoms with Gasteiger partial charge in [-0.15, -0.1) is 0 Å². The lowest BCUT2D eigenvalue weighted by molar-refractivity contribution is -0.141. The van der Waals surface area contributed by atoms with Crippen LogP contribution >= 0.6 is 0 Å². The van der Waals surface area contributed by atoms with E-state index < -0.39 is 23.8 Å². The molecule has 5 rings (SSSR count). The van der Waals surface area contributed by atoms with Crippen LogP contribution in [0, 0.1) is 18.3 Å². The van der Waals surface area contributed by atoms with Gasteiger partial charge in [-0.05, 0) is 50.5 Å². The molecule has 1 aromatic carbocycles. The van der Waals surface area contributed by atoms with E-state index in [4.69, 9.17) is 20.9 Å². The van der Waals surface area contributed by atoms with E-state index in [2.05, 4.69) is 25.7 Å².